The highest BCUT2D eigenvalue weighted by molar-refractivity contribution is 5.85. The minimum Gasteiger partial charge on any atom is -0.481 e. The first-order chi connectivity index (χ1) is 9.99. The van der Waals surface area contributed by atoms with Crippen LogP contribution in [0.1, 0.15) is 25.8 Å². The number of likely N-dealkylation sites (tertiary alicyclic amines) is 1. The first kappa shape index (κ1) is 18.5. The molecule has 1 aliphatic heterocycles. The molecule has 1 N–H and O–H groups in total. The van der Waals surface area contributed by atoms with Crippen LogP contribution in [0.15, 0.2) is 30.3 Å². The first-order valence-corrected chi connectivity index (χ1v) is 7.54. The minimum atomic E-state index is -0.797. The Balaban J connectivity index is 0.00000242. The van der Waals surface area contributed by atoms with Gasteiger partial charge >= 0.3 is 5.97 Å². The summed E-state index contributed by atoms with van der Waals surface area (Å²) in [4.78, 5) is 25.4. The molecule has 0 spiro atoms. The third kappa shape index (κ3) is 4.47. The van der Waals surface area contributed by atoms with Gasteiger partial charge in [0.05, 0.1) is 5.92 Å². The number of carboxylic acids is 1. The Bertz CT molecular complexity index is 504. The molecule has 22 heavy (non-hydrogen) atoms. The number of nitrogens with zero attached hydrogens (tertiary/aromatic N) is 1. The summed E-state index contributed by atoms with van der Waals surface area (Å²) in [6, 6.07) is 9.99. The van der Waals surface area contributed by atoms with Crippen molar-refractivity contribution in [3.8, 4) is 0 Å². The number of halogens is 1. The van der Waals surface area contributed by atoms with Gasteiger partial charge in [0.1, 0.15) is 0 Å². The third-order valence-corrected chi connectivity index (χ3v) is 4.27. The number of benzene rings is 1. The molecule has 1 fully saturated rings. The summed E-state index contributed by atoms with van der Waals surface area (Å²) in [5, 5.41) is 9.06. The van der Waals surface area contributed by atoms with Gasteiger partial charge < -0.3 is 10.0 Å². The number of amides is 1. The number of hydrogen-bond acceptors (Lipinski definition) is 2. The van der Waals surface area contributed by atoms with E-state index < -0.39 is 11.9 Å². The zero-order valence-electron chi connectivity index (χ0n) is 13.1. The van der Waals surface area contributed by atoms with Crippen molar-refractivity contribution >= 4 is 24.3 Å². The van der Waals surface area contributed by atoms with Gasteiger partial charge in [-0.3, -0.25) is 9.59 Å². The molecule has 2 unspecified atom stereocenters. The fourth-order valence-corrected chi connectivity index (χ4v) is 2.87. The van der Waals surface area contributed by atoms with Gasteiger partial charge in [0.15, 0.2) is 0 Å². The molecule has 0 bridgehead atoms. The van der Waals surface area contributed by atoms with Gasteiger partial charge in [0.2, 0.25) is 5.91 Å². The standard InChI is InChI=1S/C17H23NO3.ClH/c1-12(2)15(10-13-6-4-3-5-7-13)16(19)18-9-8-14(11-18)17(20)21;/h3-7,12,14-15H,8-11H2,1-2H3,(H,20,21);1H. The van der Waals surface area contributed by atoms with Crippen molar-refractivity contribution in [1.82, 2.24) is 4.90 Å². The van der Waals surface area contributed by atoms with Crippen LogP contribution in [0.5, 0.6) is 0 Å². The maximum absolute atomic E-state index is 12.7. The van der Waals surface area contributed by atoms with Crippen LogP contribution >= 0.6 is 12.4 Å². The molecule has 1 heterocycles. The summed E-state index contributed by atoms with van der Waals surface area (Å²) in [6.07, 6.45) is 1.28. The molecule has 0 saturated carbocycles. The quantitative estimate of drug-likeness (QED) is 0.905. The van der Waals surface area contributed by atoms with Crippen LogP contribution in [0.2, 0.25) is 0 Å². The molecule has 4 nitrogen and oxygen atoms in total. The molecule has 122 valence electrons. The smallest absolute Gasteiger partial charge is 0.308 e. The molecular weight excluding hydrogens is 302 g/mol. The van der Waals surface area contributed by atoms with E-state index in [1.54, 1.807) is 4.90 Å². The predicted octanol–water partition coefficient (Wildman–Crippen LogP) is 2.86. The van der Waals surface area contributed by atoms with Crippen molar-refractivity contribution in [2.75, 3.05) is 13.1 Å². The largest absolute Gasteiger partial charge is 0.481 e. The molecule has 2 rings (SSSR count). The monoisotopic (exact) mass is 325 g/mol. The summed E-state index contributed by atoms with van der Waals surface area (Å²) >= 11 is 0. The van der Waals surface area contributed by atoms with E-state index in [0.717, 1.165) is 5.56 Å². The Kier molecular flexibility index (Phi) is 6.88. The van der Waals surface area contributed by atoms with E-state index in [1.165, 1.54) is 0 Å². The van der Waals surface area contributed by atoms with E-state index in [1.807, 2.05) is 30.3 Å². The molecule has 1 amide bonds. The Morgan fingerprint density at radius 3 is 2.41 bits per heavy atom. The topological polar surface area (TPSA) is 57.6 Å². The molecule has 1 aliphatic rings. The van der Waals surface area contributed by atoms with Crippen molar-refractivity contribution < 1.29 is 14.7 Å². The lowest BCUT2D eigenvalue weighted by Crippen LogP contribution is -2.38. The van der Waals surface area contributed by atoms with E-state index in [-0.39, 0.29) is 30.2 Å². The molecule has 1 saturated heterocycles. The van der Waals surface area contributed by atoms with Crippen molar-refractivity contribution in [2.24, 2.45) is 17.8 Å². The summed E-state index contributed by atoms with van der Waals surface area (Å²) in [7, 11) is 0. The minimum absolute atomic E-state index is 0. The lowest BCUT2D eigenvalue weighted by Gasteiger charge is -2.26. The summed E-state index contributed by atoms with van der Waals surface area (Å²) < 4.78 is 0. The SMILES string of the molecule is CC(C)C(Cc1ccccc1)C(=O)N1CCC(C(=O)O)C1.Cl. The van der Waals surface area contributed by atoms with Crippen LogP contribution in [0, 0.1) is 17.8 Å². The van der Waals surface area contributed by atoms with Gasteiger partial charge in [-0.2, -0.15) is 0 Å². The normalized spacial score (nSPS) is 18.9. The first-order valence-electron chi connectivity index (χ1n) is 7.54. The maximum Gasteiger partial charge on any atom is 0.308 e. The summed E-state index contributed by atoms with van der Waals surface area (Å²) in [5.41, 5.74) is 1.15. The van der Waals surface area contributed by atoms with E-state index in [9.17, 15) is 9.59 Å². The molecule has 0 radical (unpaired) electrons. The third-order valence-electron chi connectivity index (χ3n) is 4.27. The summed E-state index contributed by atoms with van der Waals surface area (Å²) in [6.45, 7) is 5.02. The van der Waals surface area contributed by atoms with Crippen LogP contribution in [0.25, 0.3) is 0 Å². The van der Waals surface area contributed by atoms with Gasteiger partial charge in [-0.15, -0.1) is 12.4 Å². The lowest BCUT2D eigenvalue weighted by molar-refractivity contribution is -0.141. The highest BCUT2D eigenvalue weighted by Crippen LogP contribution is 2.24. The number of hydrogen-bond donors (Lipinski definition) is 1. The van der Waals surface area contributed by atoms with Crippen LogP contribution in [0.4, 0.5) is 0 Å². The predicted molar refractivity (Wildman–Crippen MR) is 88.0 cm³/mol. The van der Waals surface area contributed by atoms with Gasteiger partial charge in [-0.1, -0.05) is 44.2 Å². The summed E-state index contributed by atoms with van der Waals surface area (Å²) in [5.74, 6) is -0.952. The van der Waals surface area contributed by atoms with Crippen LogP contribution < -0.4 is 0 Å². The molecule has 2 atom stereocenters. The van der Waals surface area contributed by atoms with Crippen molar-refractivity contribution in [2.45, 2.75) is 26.7 Å². The molecule has 1 aromatic rings. The molecule has 0 aliphatic carbocycles. The van der Waals surface area contributed by atoms with Gasteiger partial charge in [-0.05, 0) is 24.3 Å². The number of aliphatic carboxylic acids is 1. The second-order valence-electron chi connectivity index (χ2n) is 6.15. The van der Waals surface area contributed by atoms with E-state index in [4.69, 9.17) is 5.11 Å². The molecular formula is C17H24ClNO3. The number of rotatable bonds is 5. The van der Waals surface area contributed by atoms with Crippen LogP contribution in [0.3, 0.4) is 0 Å². The van der Waals surface area contributed by atoms with E-state index in [2.05, 4.69) is 13.8 Å². The molecule has 5 heteroatoms. The Labute approximate surface area is 137 Å². The Morgan fingerprint density at radius 1 is 1.27 bits per heavy atom. The molecule has 1 aromatic carbocycles. The lowest BCUT2D eigenvalue weighted by atomic mass is 9.88. The second kappa shape index (κ2) is 8.18. The van der Waals surface area contributed by atoms with Gasteiger partial charge in [0.25, 0.3) is 0 Å². The van der Waals surface area contributed by atoms with Crippen LogP contribution in [-0.2, 0) is 16.0 Å². The van der Waals surface area contributed by atoms with E-state index >= 15 is 0 Å². The number of carbonyl (C=O) groups is 2. The highest BCUT2D eigenvalue weighted by atomic mass is 35.5. The second-order valence-corrected chi connectivity index (χ2v) is 6.15. The molecule has 0 aromatic heterocycles. The van der Waals surface area contributed by atoms with Gasteiger partial charge in [0, 0.05) is 19.0 Å². The average Bonchev–Trinajstić information content (AvgIpc) is 2.95. The Hall–Kier alpha value is -1.55. The fraction of sp³-hybridized carbons (Fsp3) is 0.529. The van der Waals surface area contributed by atoms with Crippen molar-refractivity contribution in [1.29, 1.82) is 0 Å². The highest BCUT2D eigenvalue weighted by Gasteiger charge is 2.34. The maximum atomic E-state index is 12.7. The average molecular weight is 326 g/mol. The fourth-order valence-electron chi connectivity index (χ4n) is 2.87. The Morgan fingerprint density at radius 2 is 1.91 bits per heavy atom. The van der Waals surface area contributed by atoms with Gasteiger partial charge in [-0.25, -0.2) is 0 Å². The number of carboxylic acid groups (broad SMARTS) is 1. The zero-order valence-corrected chi connectivity index (χ0v) is 13.9. The van der Waals surface area contributed by atoms with Crippen molar-refractivity contribution in [3.63, 3.8) is 0 Å². The van der Waals surface area contributed by atoms with E-state index in [0.29, 0.717) is 25.9 Å². The zero-order chi connectivity index (χ0) is 15.4. The number of carbonyl (C=O) groups excluding carboxylic acids is 1. The van der Waals surface area contributed by atoms with Crippen LogP contribution in [-0.4, -0.2) is 35.0 Å². The van der Waals surface area contributed by atoms with Crippen molar-refractivity contribution in [3.05, 3.63) is 35.9 Å².